The SMILES string of the molecule is COc1ccc(N2CC[NH2+]CC2)cc1.O=C([O-])c1cc([N+](=O)[O-])cc([N+](=O)[O-])c1. The first kappa shape index (κ1) is 21.6. The molecule has 1 aliphatic rings. The van der Waals surface area contributed by atoms with E-state index in [2.05, 4.69) is 22.3 Å². The van der Waals surface area contributed by atoms with Gasteiger partial charge >= 0.3 is 0 Å². The molecular formula is C18H20N4O7. The van der Waals surface area contributed by atoms with Crippen LogP contribution in [0, 0.1) is 20.2 Å². The molecule has 2 aromatic rings. The largest absolute Gasteiger partial charge is 0.545 e. The van der Waals surface area contributed by atoms with E-state index in [-0.39, 0.29) is 0 Å². The predicted octanol–water partition coefficient (Wildman–Crippen LogP) is -0.0549. The third-order valence-corrected chi connectivity index (χ3v) is 4.20. The minimum atomic E-state index is -1.71. The Labute approximate surface area is 165 Å². The Bertz CT molecular complexity index is 801. The Kier molecular flexibility index (Phi) is 7.43. The second kappa shape index (κ2) is 9.99. The number of hydrogen-bond acceptors (Lipinski definition) is 8. The summed E-state index contributed by atoms with van der Waals surface area (Å²) in [4.78, 5) is 31.6. The average molecular weight is 404 g/mol. The first-order valence-electron chi connectivity index (χ1n) is 8.67. The standard InChI is InChI=1S/C11H16N2O.C7H4N2O6/c1-14-11-4-2-10(3-5-11)13-8-6-12-7-9-13;10-7(11)4-1-5(8(12)13)3-6(2-4)9(14)15/h2-5,12H,6-9H2,1H3;1-3H,(H,10,11). The van der Waals surface area contributed by atoms with Gasteiger partial charge in [0.2, 0.25) is 0 Å². The van der Waals surface area contributed by atoms with Crippen LogP contribution in [0.25, 0.3) is 0 Å². The number of carboxylic acid groups (broad SMARTS) is 1. The Morgan fingerprint density at radius 3 is 1.93 bits per heavy atom. The lowest BCUT2D eigenvalue weighted by atomic mass is 10.2. The first-order valence-corrected chi connectivity index (χ1v) is 8.67. The molecule has 0 aromatic heterocycles. The first-order chi connectivity index (χ1) is 13.8. The lowest BCUT2D eigenvalue weighted by Gasteiger charge is -2.27. The van der Waals surface area contributed by atoms with Crippen LogP contribution in [0.3, 0.4) is 0 Å². The van der Waals surface area contributed by atoms with Gasteiger partial charge in [0, 0.05) is 23.4 Å². The molecule has 0 bridgehead atoms. The number of benzene rings is 2. The zero-order chi connectivity index (χ0) is 21.4. The Morgan fingerprint density at radius 1 is 1.00 bits per heavy atom. The van der Waals surface area contributed by atoms with Gasteiger partial charge < -0.3 is 24.9 Å². The predicted molar refractivity (Wildman–Crippen MR) is 101 cm³/mol. The lowest BCUT2D eigenvalue weighted by molar-refractivity contribution is -0.655. The number of aromatic carboxylic acids is 1. The van der Waals surface area contributed by atoms with Crippen LogP contribution in [-0.4, -0.2) is 49.1 Å². The number of carbonyl (C=O) groups excluding carboxylic acids is 1. The van der Waals surface area contributed by atoms with Crippen LogP contribution < -0.4 is 20.1 Å². The van der Waals surface area contributed by atoms with Crippen LogP contribution in [0.1, 0.15) is 10.4 Å². The minimum absolute atomic E-state index is 0.601. The normalized spacial score (nSPS) is 13.1. The van der Waals surface area contributed by atoms with E-state index in [9.17, 15) is 30.1 Å². The fourth-order valence-electron chi connectivity index (χ4n) is 2.73. The van der Waals surface area contributed by atoms with Gasteiger partial charge in [-0.3, -0.25) is 20.2 Å². The Balaban J connectivity index is 0.000000207. The molecule has 2 N–H and O–H groups in total. The molecule has 1 saturated heterocycles. The molecule has 0 atom stereocenters. The topological polar surface area (TPSA) is 155 Å². The number of non-ortho nitro benzene ring substituents is 2. The zero-order valence-corrected chi connectivity index (χ0v) is 15.6. The van der Waals surface area contributed by atoms with Crippen molar-refractivity contribution in [2.75, 3.05) is 38.2 Å². The van der Waals surface area contributed by atoms with Crippen molar-refractivity contribution in [3.8, 4) is 5.75 Å². The molecule has 0 aliphatic carbocycles. The smallest absolute Gasteiger partial charge is 0.276 e. The number of rotatable bonds is 5. The average Bonchev–Trinajstić information content (AvgIpc) is 2.74. The summed E-state index contributed by atoms with van der Waals surface area (Å²) in [5, 5.41) is 33.4. The van der Waals surface area contributed by atoms with Gasteiger partial charge in [-0.1, -0.05) is 0 Å². The van der Waals surface area contributed by atoms with Crippen molar-refractivity contribution in [3.63, 3.8) is 0 Å². The van der Waals surface area contributed by atoms with E-state index < -0.39 is 32.8 Å². The van der Waals surface area contributed by atoms with Crippen LogP contribution in [0.4, 0.5) is 17.1 Å². The van der Waals surface area contributed by atoms with Crippen molar-refractivity contribution >= 4 is 23.0 Å². The molecule has 0 radical (unpaired) electrons. The summed E-state index contributed by atoms with van der Waals surface area (Å²) in [6.45, 7) is 4.69. The maximum Gasteiger partial charge on any atom is 0.276 e. The Hall–Kier alpha value is -3.73. The number of nitrogens with zero attached hydrogens (tertiary/aromatic N) is 3. The third kappa shape index (κ3) is 6.14. The number of piperazine rings is 1. The van der Waals surface area contributed by atoms with Crippen molar-refractivity contribution in [3.05, 3.63) is 68.3 Å². The highest BCUT2D eigenvalue weighted by atomic mass is 16.6. The number of carbonyl (C=O) groups is 1. The van der Waals surface area contributed by atoms with Gasteiger partial charge in [0.1, 0.15) is 5.75 Å². The third-order valence-electron chi connectivity index (χ3n) is 4.20. The molecule has 0 saturated carbocycles. The lowest BCUT2D eigenvalue weighted by Crippen LogP contribution is -2.89. The number of quaternary nitrogens is 1. The van der Waals surface area contributed by atoms with Crippen molar-refractivity contribution in [1.29, 1.82) is 0 Å². The van der Waals surface area contributed by atoms with E-state index >= 15 is 0 Å². The molecule has 1 aliphatic heterocycles. The molecule has 1 fully saturated rings. The molecule has 154 valence electrons. The molecule has 29 heavy (non-hydrogen) atoms. The Morgan fingerprint density at radius 2 is 1.52 bits per heavy atom. The molecule has 0 spiro atoms. The van der Waals surface area contributed by atoms with E-state index in [1.807, 2.05) is 12.1 Å². The summed E-state index contributed by atoms with van der Waals surface area (Å²) < 4.78 is 5.13. The van der Waals surface area contributed by atoms with Crippen LogP contribution >= 0.6 is 0 Å². The summed E-state index contributed by atoms with van der Waals surface area (Å²) in [5.41, 5.74) is -0.624. The molecule has 0 unspecified atom stereocenters. The number of nitro benzene ring substituents is 2. The van der Waals surface area contributed by atoms with Crippen LogP contribution in [0.15, 0.2) is 42.5 Å². The van der Waals surface area contributed by atoms with Gasteiger partial charge in [-0.2, -0.15) is 0 Å². The molecule has 11 nitrogen and oxygen atoms in total. The molecular weight excluding hydrogens is 384 g/mol. The van der Waals surface area contributed by atoms with Crippen LogP contribution in [0.5, 0.6) is 5.75 Å². The van der Waals surface area contributed by atoms with Crippen LogP contribution in [-0.2, 0) is 0 Å². The molecule has 11 heteroatoms. The van der Waals surface area contributed by atoms with E-state index in [1.165, 1.54) is 18.8 Å². The highest BCUT2D eigenvalue weighted by molar-refractivity contribution is 5.87. The van der Waals surface area contributed by atoms with Crippen LogP contribution in [0.2, 0.25) is 0 Å². The maximum absolute atomic E-state index is 10.4. The fourth-order valence-corrected chi connectivity index (χ4v) is 2.73. The van der Waals surface area contributed by atoms with Gasteiger partial charge in [-0.25, -0.2) is 0 Å². The van der Waals surface area contributed by atoms with Gasteiger partial charge in [-0.15, -0.1) is 0 Å². The van der Waals surface area contributed by atoms with Gasteiger partial charge in [-0.05, 0) is 24.3 Å². The zero-order valence-electron chi connectivity index (χ0n) is 15.6. The van der Waals surface area contributed by atoms with E-state index in [0.29, 0.717) is 18.2 Å². The molecule has 3 rings (SSSR count). The number of methoxy groups -OCH3 is 1. The van der Waals surface area contributed by atoms with Crippen molar-refractivity contribution in [2.24, 2.45) is 0 Å². The fraction of sp³-hybridized carbons (Fsp3) is 0.278. The van der Waals surface area contributed by atoms with Crippen molar-refractivity contribution < 1.29 is 29.8 Å². The number of anilines is 1. The summed E-state index contributed by atoms with van der Waals surface area (Å²) >= 11 is 0. The number of hydrogen-bond donors (Lipinski definition) is 1. The van der Waals surface area contributed by atoms with Gasteiger partial charge in [0.25, 0.3) is 11.4 Å². The van der Waals surface area contributed by atoms with E-state index in [0.717, 1.165) is 18.8 Å². The van der Waals surface area contributed by atoms with Crippen molar-refractivity contribution in [2.45, 2.75) is 0 Å². The monoisotopic (exact) mass is 404 g/mol. The summed E-state index contributed by atoms with van der Waals surface area (Å²) in [7, 11) is 1.70. The van der Waals surface area contributed by atoms with Gasteiger partial charge in [0.05, 0.1) is 55.2 Å². The second-order valence-corrected chi connectivity index (χ2v) is 6.09. The molecule has 2 aromatic carbocycles. The van der Waals surface area contributed by atoms with E-state index in [1.54, 1.807) is 7.11 Å². The quantitative estimate of drug-likeness (QED) is 0.537. The molecule has 1 heterocycles. The number of nitrogens with two attached hydrogens (primary N) is 1. The number of carboxylic acids is 1. The number of nitro groups is 2. The second-order valence-electron chi connectivity index (χ2n) is 6.09. The van der Waals surface area contributed by atoms with Crippen molar-refractivity contribution in [1.82, 2.24) is 0 Å². The van der Waals surface area contributed by atoms with E-state index in [4.69, 9.17) is 4.74 Å². The highest BCUT2D eigenvalue weighted by Crippen LogP contribution is 2.22. The summed E-state index contributed by atoms with van der Waals surface area (Å²) in [5.74, 6) is -0.779. The minimum Gasteiger partial charge on any atom is -0.545 e. The highest BCUT2D eigenvalue weighted by Gasteiger charge is 2.16. The summed E-state index contributed by atoms with van der Waals surface area (Å²) in [6, 6.07) is 10.4. The summed E-state index contributed by atoms with van der Waals surface area (Å²) in [6.07, 6.45) is 0. The number of ether oxygens (including phenoxy) is 1. The van der Waals surface area contributed by atoms with Gasteiger partial charge in [0.15, 0.2) is 0 Å². The molecule has 0 amide bonds. The maximum atomic E-state index is 10.4.